The first-order valence-corrected chi connectivity index (χ1v) is 5.81. The Labute approximate surface area is 114 Å². The van der Waals surface area contributed by atoms with Crippen LogP contribution in [0.15, 0.2) is 41.0 Å². The number of carbonyl (C=O) groups is 1. The predicted molar refractivity (Wildman–Crippen MR) is 69.3 cm³/mol. The van der Waals surface area contributed by atoms with Gasteiger partial charge in [0.05, 0.1) is 17.0 Å². The number of hydrogen-bond donors (Lipinski definition) is 2. The van der Waals surface area contributed by atoms with Crippen LogP contribution in [-0.4, -0.2) is 16.0 Å². The average molecular weight is 276 g/mol. The molecule has 104 valence electrons. The van der Waals surface area contributed by atoms with Crippen LogP contribution >= 0.6 is 0 Å². The van der Waals surface area contributed by atoms with Gasteiger partial charge in [-0.15, -0.1) is 0 Å². The van der Waals surface area contributed by atoms with Gasteiger partial charge in [-0.25, -0.2) is 4.79 Å². The lowest BCUT2D eigenvalue weighted by molar-refractivity contribution is -0.384. The molecule has 0 unspecified atom stereocenters. The molecule has 0 saturated heterocycles. The molecule has 7 heteroatoms. The molecule has 0 amide bonds. The van der Waals surface area contributed by atoms with Crippen LogP contribution in [0.4, 0.5) is 5.69 Å². The third-order valence-corrected chi connectivity index (χ3v) is 2.65. The van der Waals surface area contributed by atoms with Gasteiger partial charge in [0.15, 0.2) is 0 Å². The first kappa shape index (κ1) is 13.8. The SMILES string of the molecule is O=C(O)c1coc(CNCc2cccc([N+](=O)[O-])c2)c1. The zero-order chi connectivity index (χ0) is 14.5. The van der Waals surface area contributed by atoms with Gasteiger partial charge in [0, 0.05) is 18.7 Å². The molecule has 1 aromatic carbocycles. The summed E-state index contributed by atoms with van der Waals surface area (Å²) >= 11 is 0. The van der Waals surface area contributed by atoms with E-state index in [0.29, 0.717) is 18.8 Å². The molecule has 1 aromatic heterocycles. The summed E-state index contributed by atoms with van der Waals surface area (Å²) in [7, 11) is 0. The number of aromatic carboxylic acids is 1. The Bertz CT molecular complexity index is 635. The zero-order valence-electron chi connectivity index (χ0n) is 10.4. The smallest absolute Gasteiger partial charge is 0.338 e. The van der Waals surface area contributed by atoms with Gasteiger partial charge in [0.2, 0.25) is 0 Å². The molecule has 0 aliphatic heterocycles. The van der Waals surface area contributed by atoms with E-state index in [1.807, 2.05) is 0 Å². The molecule has 0 bridgehead atoms. The van der Waals surface area contributed by atoms with E-state index < -0.39 is 10.9 Å². The topological polar surface area (TPSA) is 106 Å². The highest BCUT2D eigenvalue weighted by Crippen LogP contribution is 2.13. The summed E-state index contributed by atoms with van der Waals surface area (Å²) in [5.41, 5.74) is 0.900. The lowest BCUT2D eigenvalue weighted by atomic mass is 10.2. The number of rotatable bonds is 6. The lowest BCUT2D eigenvalue weighted by Crippen LogP contribution is -2.12. The van der Waals surface area contributed by atoms with Crippen LogP contribution in [0.5, 0.6) is 0 Å². The van der Waals surface area contributed by atoms with Crippen LogP contribution in [0.3, 0.4) is 0 Å². The van der Waals surface area contributed by atoms with Gasteiger partial charge in [-0.1, -0.05) is 12.1 Å². The molecule has 2 rings (SSSR count). The van der Waals surface area contributed by atoms with Crippen molar-refractivity contribution in [1.82, 2.24) is 5.32 Å². The van der Waals surface area contributed by atoms with Gasteiger partial charge < -0.3 is 14.8 Å². The highest BCUT2D eigenvalue weighted by Gasteiger charge is 2.08. The van der Waals surface area contributed by atoms with Gasteiger partial charge in [-0.05, 0) is 11.6 Å². The highest BCUT2D eigenvalue weighted by molar-refractivity contribution is 5.87. The van der Waals surface area contributed by atoms with Crippen molar-refractivity contribution in [3.63, 3.8) is 0 Å². The van der Waals surface area contributed by atoms with Crippen molar-refractivity contribution >= 4 is 11.7 Å². The summed E-state index contributed by atoms with van der Waals surface area (Å²) in [4.78, 5) is 20.8. The molecule has 1 heterocycles. The summed E-state index contributed by atoms with van der Waals surface area (Å²) in [6.07, 6.45) is 1.17. The van der Waals surface area contributed by atoms with Gasteiger partial charge in [-0.2, -0.15) is 0 Å². The molecule has 0 atom stereocenters. The third-order valence-electron chi connectivity index (χ3n) is 2.65. The van der Waals surface area contributed by atoms with Crippen LogP contribution in [0, 0.1) is 10.1 Å². The van der Waals surface area contributed by atoms with E-state index in [1.54, 1.807) is 12.1 Å². The second kappa shape index (κ2) is 5.98. The maximum Gasteiger partial charge on any atom is 0.338 e. The van der Waals surface area contributed by atoms with E-state index in [9.17, 15) is 14.9 Å². The fourth-order valence-corrected chi connectivity index (χ4v) is 1.70. The molecule has 0 saturated carbocycles. The number of carboxylic acids is 1. The minimum atomic E-state index is -1.04. The Hall–Kier alpha value is -2.67. The number of nitrogens with zero attached hydrogens (tertiary/aromatic N) is 1. The van der Waals surface area contributed by atoms with Crippen LogP contribution in [0.2, 0.25) is 0 Å². The quantitative estimate of drug-likeness (QED) is 0.618. The molecule has 20 heavy (non-hydrogen) atoms. The minimum absolute atomic E-state index is 0.0375. The van der Waals surface area contributed by atoms with Crippen molar-refractivity contribution < 1.29 is 19.2 Å². The van der Waals surface area contributed by atoms with E-state index in [0.717, 1.165) is 5.56 Å². The molecule has 0 aliphatic carbocycles. The molecule has 0 spiro atoms. The molecule has 0 radical (unpaired) electrons. The normalized spacial score (nSPS) is 10.4. The molecule has 0 aliphatic rings. The van der Waals surface area contributed by atoms with Crippen LogP contribution in [0.1, 0.15) is 21.7 Å². The van der Waals surface area contributed by atoms with Crippen molar-refractivity contribution in [3.05, 3.63) is 63.6 Å². The summed E-state index contributed by atoms with van der Waals surface area (Å²) in [5.74, 6) is -0.550. The van der Waals surface area contributed by atoms with Crippen molar-refractivity contribution in [2.75, 3.05) is 0 Å². The van der Waals surface area contributed by atoms with E-state index in [4.69, 9.17) is 9.52 Å². The average Bonchev–Trinajstić information content (AvgIpc) is 2.88. The Morgan fingerprint density at radius 1 is 1.35 bits per heavy atom. The van der Waals surface area contributed by atoms with Gasteiger partial charge in [-0.3, -0.25) is 10.1 Å². The number of non-ortho nitro benzene ring substituents is 1. The fourth-order valence-electron chi connectivity index (χ4n) is 1.70. The molecule has 0 fully saturated rings. The fraction of sp³-hybridized carbons (Fsp3) is 0.154. The summed E-state index contributed by atoms with van der Waals surface area (Å²) in [5, 5.41) is 22.4. The van der Waals surface area contributed by atoms with Crippen molar-refractivity contribution in [2.24, 2.45) is 0 Å². The molecule has 7 nitrogen and oxygen atoms in total. The molecular formula is C13H12N2O5. The number of nitro benzene ring substituents is 1. The van der Waals surface area contributed by atoms with Crippen molar-refractivity contribution in [3.8, 4) is 0 Å². The number of nitro groups is 1. The van der Waals surface area contributed by atoms with Gasteiger partial charge >= 0.3 is 5.97 Å². The number of benzene rings is 1. The predicted octanol–water partition coefficient (Wildman–Crippen LogP) is 2.18. The molecule has 2 aromatic rings. The van der Waals surface area contributed by atoms with E-state index in [2.05, 4.69) is 5.32 Å². The summed E-state index contributed by atoms with van der Waals surface area (Å²) < 4.78 is 5.07. The van der Waals surface area contributed by atoms with Crippen LogP contribution in [-0.2, 0) is 13.1 Å². The first-order chi connectivity index (χ1) is 9.56. The van der Waals surface area contributed by atoms with E-state index in [-0.39, 0.29) is 11.3 Å². The summed E-state index contributed by atoms with van der Waals surface area (Å²) in [6, 6.07) is 7.73. The first-order valence-electron chi connectivity index (χ1n) is 5.81. The Kier molecular flexibility index (Phi) is 4.11. The second-order valence-corrected chi connectivity index (χ2v) is 4.14. The standard InChI is InChI=1S/C13H12N2O5/c16-13(17)10-5-12(20-8-10)7-14-6-9-2-1-3-11(4-9)15(18)19/h1-5,8,14H,6-7H2,(H,16,17). The number of carboxylic acid groups (broad SMARTS) is 1. The van der Waals surface area contributed by atoms with E-state index >= 15 is 0 Å². The zero-order valence-corrected chi connectivity index (χ0v) is 10.4. The largest absolute Gasteiger partial charge is 0.478 e. The lowest BCUT2D eigenvalue weighted by Gasteiger charge is -2.02. The van der Waals surface area contributed by atoms with Crippen LogP contribution in [0.25, 0.3) is 0 Å². The molecule has 2 N–H and O–H groups in total. The second-order valence-electron chi connectivity index (χ2n) is 4.14. The van der Waals surface area contributed by atoms with Crippen molar-refractivity contribution in [1.29, 1.82) is 0 Å². The Morgan fingerprint density at radius 3 is 2.80 bits per heavy atom. The Morgan fingerprint density at radius 2 is 2.15 bits per heavy atom. The number of nitrogens with one attached hydrogen (secondary N) is 1. The maximum atomic E-state index is 10.7. The molecular weight excluding hydrogens is 264 g/mol. The van der Waals surface area contributed by atoms with Gasteiger partial charge in [0.1, 0.15) is 12.0 Å². The van der Waals surface area contributed by atoms with Crippen molar-refractivity contribution in [2.45, 2.75) is 13.1 Å². The Balaban J connectivity index is 1.90. The van der Waals surface area contributed by atoms with Crippen LogP contribution < -0.4 is 5.32 Å². The third kappa shape index (κ3) is 3.42. The number of furan rings is 1. The maximum absolute atomic E-state index is 10.7. The monoisotopic (exact) mass is 276 g/mol. The van der Waals surface area contributed by atoms with Gasteiger partial charge in [0.25, 0.3) is 5.69 Å². The number of hydrogen-bond acceptors (Lipinski definition) is 5. The summed E-state index contributed by atoms with van der Waals surface area (Å²) in [6.45, 7) is 0.765. The minimum Gasteiger partial charge on any atom is -0.478 e. The highest BCUT2D eigenvalue weighted by atomic mass is 16.6. The van der Waals surface area contributed by atoms with E-state index in [1.165, 1.54) is 24.5 Å².